The molecule has 0 heterocycles. The van der Waals surface area contributed by atoms with Gasteiger partial charge in [-0.25, -0.2) is 4.79 Å². The number of para-hydroxylation sites is 1. The van der Waals surface area contributed by atoms with E-state index >= 15 is 0 Å². The molecule has 0 fully saturated rings. The van der Waals surface area contributed by atoms with Crippen molar-refractivity contribution in [2.75, 3.05) is 10.6 Å². The van der Waals surface area contributed by atoms with E-state index in [-0.39, 0.29) is 16.8 Å². The first-order valence-electron chi connectivity index (χ1n) is 11.6. The Morgan fingerprint density at radius 2 is 1.31 bits per heavy atom. The largest absolute Gasteiger partial charge is 0.478 e. The Morgan fingerprint density at radius 1 is 0.718 bits per heavy atom. The number of rotatable bonds is 8. The number of amides is 2. The maximum Gasteiger partial charge on any atom is 0.418 e. The van der Waals surface area contributed by atoms with Crippen LogP contribution in [0.1, 0.15) is 37.1 Å². The molecule has 0 aliphatic carbocycles. The number of halogens is 3. The Morgan fingerprint density at radius 3 is 1.95 bits per heavy atom. The number of carbonyl (C=O) groups excluding carboxylic acids is 2. The van der Waals surface area contributed by atoms with Crippen molar-refractivity contribution in [3.05, 3.63) is 125 Å². The molecular weight excluding hydrogens is 529 g/mol. The number of carbonyl (C=O) groups is 3. The Bertz CT molecular complexity index is 1490. The summed E-state index contributed by atoms with van der Waals surface area (Å²) in [5.41, 5.74) is -0.429. The van der Waals surface area contributed by atoms with Crippen LogP contribution < -0.4 is 10.6 Å². The Hall–Kier alpha value is -4.57. The molecular formula is C29H21F3N2O4S. The van der Waals surface area contributed by atoms with Gasteiger partial charge in [-0.2, -0.15) is 13.2 Å². The quantitative estimate of drug-likeness (QED) is 0.203. The Labute approximate surface area is 225 Å². The highest BCUT2D eigenvalue weighted by Crippen LogP contribution is 2.39. The number of carboxylic acids is 1. The minimum atomic E-state index is -4.63. The highest BCUT2D eigenvalue weighted by Gasteiger charge is 2.34. The summed E-state index contributed by atoms with van der Waals surface area (Å²) in [4.78, 5) is 37.9. The molecule has 0 aliphatic heterocycles. The summed E-state index contributed by atoms with van der Waals surface area (Å²) in [6.45, 7) is 0. The predicted molar refractivity (Wildman–Crippen MR) is 143 cm³/mol. The molecule has 0 aromatic heterocycles. The van der Waals surface area contributed by atoms with E-state index in [1.54, 1.807) is 60.7 Å². The zero-order valence-electron chi connectivity index (χ0n) is 20.1. The summed E-state index contributed by atoms with van der Waals surface area (Å²) in [5, 5.41) is 13.5. The molecule has 0 saturated carbocycles. The molecule has 0 bridgehead atoms. The third-order valence-corrected chi connectivity index (χ3v) is 6.87. The van der Waals surface area contributed by atoms with Gasteiger partial charge in [0.15, 0.2) is 0 Å². The van der Waals surface area contributed by atoms with Gasteiger partial charge in [-0.05, 0) is 54.1 Å². The lowest BCUT2D eigenvalue weighted by atomic mass is 10.1. The van der Waals surface area contributed by atoms with E-state index in [0.29, 0.717) is 16.1 Å². The number of thioether (sulfide) groups is 1. The topological polar surface area (TPSA) is 95.5 Å². The lowest BCUT2D eigenvalue weighted by Crippen LogP contribution is -2.21. The van der Waals surface area contributed by atoms with Crippen LogP contribution in [-0.4, -0.2) is 22.9 Å². The number of hydrogen-bond acceptors (Lipinski definition) is 4. The van der Waals surface area contributed by atoms with E-state index < -0.39 is 34.8 Å². The third-order valence-electron chi connectivity index (χ3n) is 5.60. The molecule has 10 heteroatoms. The molecule has 39 heavy (non-hydrogen) atoms. The maximum absolute atomic E-state index is 13.5. The van der Waals surface area contributed by atoms with Crippen molar-refractivity contribution in [2.24, 2.45) is 0 Å². The Balaban J connectivity index is 1.53. The summed E-state index contributed by atoms with van der Waals surface area (Å²) in [6.07, 6.45) is -4.63. The van der Waals surface area contributed by atoms with Crippen LogP contribution in [-0.2, 0) is 11.0 Å². The SMILES string of the molecule is O=C(O)c1ccccc1C(=O)Nc1ccc(S[C@H](C(=O)Nc2ccccc2C(F)(F)F)c2ccccc2)cc1. The van der Waals surface area contributed by atoms with Crippen LogP contribution in [0.15, 0.2) is 108 Å². The molecule has 0 radical (unpaired) electrons. The molecule has 2 amide bonds. The van der Waals surface area contributed by atoms with E-state index in [2.05, 4.69) is 10.6 Å². The fraction of sp³-hybridized carbons (Fsp3) is 0.0690. The van der Waals surface area contributed by atoms with Gasteiger partial charge in [0.05, 0.1) is 22.4 Å². The van der Waals surface area contributed by atoms with Gasteiger partial charge in [0.2, 0.25) is 5.91 Å². The van der Waals surface area contributed by atoms with Gasteiger partial charge in [0.1, 0.15) is 5.25 Å². The summed E-state index contributed by atoms with van der Waals surface area (Å²) in [7, 11) is 0. The van der Waals surface area contributed by atoms with E-state index in [9.17, 15) is 32.7 Å². The van der Waals surface area contributed by atoms with E-state index in [1.807, 2.05) is 0 Å². The van der Waals surface area contributed by atoms with E-state index in [0.717, 1.165) is 17.8 Å². The van der Waals surface area contributed by atoms with Crippen molar-refractivity contribution in [3.63, 3.8) is 0 Å². The smallest absolute Gasteiger partial charge is 0.418 e. The van der Waals surface area contributed by atoms with Crippen LogP contribution in [0.3, 0.4) is 0 Å². The summed E-state index contributed by atoms with van der Waals surface area (Å²) >= 11 is 1.13. The first kappa shape index (κ1) is 27.5. The van der Waals surface area contributed by atoms with Crippen LogP contribution in [0.5, 0.6) is 0 Å². The standard InChI is InChI=1S/C29H21F3N2O4S/c30-29(31,32)23-12-6-7-13-24(23)34-27(36)25(18-8-2-1-3-9-18)39-20-16-14-19(15-17-20)33-26(35)21-10-4-5-11-22(21)28(37)38/h1-17,25H,(H,33,35)(H,34,36)(H,37,38)/t25-/m0/s1. The highest BCUT2D eigenvalue weighted by molar-refractivity contribution is 8.00. The second-order valence-electron chi connectivity index (χ2n) is 8.27. The van der Waals surface area contributed by atoms with Crippen molar-refractivity contribution in [3.8, 4) is 0 Å². The minimum Gasteiger partial charge on any atom is -0.478 e. The highest BCUT2D eigenvalue weighted by atomic mass is 32.2. The average molecular weight is 551 g/mol. The Kier molecular flexibility index (Phi) is 8.36. The predicted octanol–water partition coefficient (Wildman–Crippen LogP) is 7.13. The number of alkyl halides is 3. The minimum absolute atomic E-state index is 0.00315. The van der Waals surface area contributed by atoms with Crippen molar-refractivity contribution in [1.82, 2.24) is 0 Å². The number of anilines is 2. The van der Waals surface area contributed by atoms with Gasteiger partial charge >= 0.3 is 12.1 Å². The monoisotopic (exact) mass is 550 g/mol. The van der Waals surface area contributed by atoms with Gasteiger partial charge in [0, 0.05) is 10.6 Å². The van der Waals surface area contributed by atoms with Crippen LogP contribution in [0.4, 0.5) is 24.5 Å². The molecule has 0 spiro atoms. The second-order valence-corrected chi connectivity index (χ2v) is 9.45. The molecule has 4 aromatic rings. The van der Waals surface area contributed by atoms with E-state index in [1.165, 1.54) is 36.4 Å². The van der Waals surface area contributed by atoms with Crippen molar-refractivity contribution in [2.45, 2.75) is 16.3 Å². The lowest BCUT2D eigenvalue weighted by molar-refractivity contribution is -0.137. The van der Waals surface area contributed by atoms with Crippen molar-refractivity contribution >= 4 is 40.9 Å². The normalized spacial score (nSPS) is 11.9. The van der Waals surface area contributed by atoms with Gasteiger partial charge in [0.25, 0.3) is 5.91 Å². The summed E-state index contributed by atoms with van der Waals surface area (Å²) in [5.74, 6) is -2.46. The molecule has 3 N–H and O–H groups in total. The van der Waals surface area contributed by atoms with Gasteiger partial charge in [-0.15, -0.1) is 11.8 Å². The van der Waals surface area contributed by atoms with Gasteiger partial charge in [-0.1, -0.05) is 54.6 Å². The zero-order valence-corrected chi connectivity index (χ0v) is 20.9. The summed E-state index contributed by atoms with van der Waals surface area (Å²) < 4.78 is 40.4. The maximum atomic E-state index is 13.5. The van der Waals surface area contributed by atoms with Gasteiger partial charge in [-0.3, -0.25) is 9.59 Å². The van der Waals surface area contributed by atoms with Crippen LogP contribution in [0.2, 0.25) is 0 Å². The van der Waals surface area contributed by atoms with Crippen LogP contribution >= 0.6 is 11.8 Å². The molecule has 0 aliphatic rings. The fourth-order valence-electron chi connectivity index (χ4n) is 3.76. The molecule has 1 atom stereocenters. The lowest BCUT2D eigenvalue weighted by Gasteiger charge is -2.19. The average Bonchev–Trinajstić information content (AvgIpc) is 2.92. The molecule has 0 saturated heterocycles. The first-order valence-corrected chi connectivity index (χ1v) is 12.4. The van der Waals surface area contributed by atoms with E-state index in [4.69, 9.17) is 0 Å². The number of benzene rings is 4. The fourth-order valence-corrected chi connectivity index (χ4v) is 4.78. The molecule has 198 valence electrons. The van der Waals surface area contributed by atoms with Crippen molar-refractivity contribution < 1.29 is 32.7 Å². The summed E-state index contributed by atoms with van der Waals surface area (Å²) in [6, 6.07) is 25.7. The number of carboxylic acid groups (broad SMARTS) is 1. The number of nitrogens with one attached hydrogen (secondary N) is 2. The third kappa shape index (κ3) is 6.85. The number of aromatic carboxylic acids is 1. The number of hydrogen-bond donors (Lipinski definition) is 3. The second kappa shape index (κ2) is 11.9. The first-order chi connectivity index (χ1) is 18.6. The molecule has 6 nitrogen and oxygen atoms in total. The molecule has 4 aromatic carbocycles. The van der Waals surface area contributed by atoms with Crippen LogP contribution in [0.25, 0.3) is 0 Å². The molecule has 4 rings (SSSR count). The zero-order chi connectivity index (χ0) is 28.0. The molecule has 0 unspecified atom stereocenters. The van der Waals surface area contributed by atoms with Gasteiger partial charge < -0.3 is 15.7 Å². The van der Waals surface area contributed by atoms with Crippen LogP contribution in [0, 0.1) is 0 Å². The van der Waals surface area contributed by atoms with Crippen molar-refractivity contribution in [1.29, 1.82) is 0 Å².